The summed E-state index contributed by atoms with van der Waals surface area (Å²) in [5.74, 6) is 0.614. The fourth-order valence-corrected chi connectivity index (χ4v) is 1.51. The first kappa shape index (κ1) is 15.9. The molecule has 16 heavy (non-hydrogen) atoms. The van der Waals surface area contributed by atoms with Crippen molar-refractivity contribution in [3.05, 3.63) is 35.9 Å². The molecule has 0 aromatic heterocycles. The molecule has 0 aliphatic heterocycles. The summed E-state index contributed by atoms with van der Waals surface area (Å²) in [6, 6.07) is 9.99. The molecule has 0 saturated heterocycles. The minimum atomic E-state index is -4.14. The van der Waals surface area contributed by atoms with E-state index in [2.05, 4.69) is 5.50 Å². The van der Waals surface area contributed by atoms with Crippen molar-refractivity contribution >= 4 is 30.9 Å². The van der Waals surface area contributed by atoms with Gasteiger partial charge in [-0.25, -0.2) is 10.1 Å². The van der Waals surface area contributed by atoms with Gasteiger partial charge in [-0.2, -0.15) is 0 Å². The van der Waals surface area contributed by atoms with E-state index in [1.165, 1.54) is 0 Å². The summed E-state index contributed by atoms with van der Waals surface area (Å²) in [5.41, 5.74) is 5.17. The monoisotopic (exact) mass is 285 g/mol. The minimum Gasteiger partial charge on any atom is -0.313 e. The first-order valence-electron chi connectivity index (χ1n) is 4.43. The summed E-state index contributed by atoms with van der Waals surface area (Å²) in [6.07, 6.45) is 0.827. The van der Waals surface area contributed by atoms with E-state index < -0.39 is 7.75 Å². The van der Waals surface area contributed by atoms with Crippen molar-refractivity contribution in [3.8, 4) is 0 Å². The second-order valence-electron chi connectivity index (χ2n) is 2.94. The van der Waals surface area contributed by atoms with Crippen molar-refractivity contribution in [1.82, 2.24) is 0 Å². The van der Waals surface area contributed by atoms with Gasteiger partial charge >= 0.3 is 7.75 Å². The molecule has 0 aliphatic carbocycles. The third kappa shape index (κ3) is 10.4. The summed E-state index contributed by atoms with van der Waals surface area (Å²) in [4.78, 5) is 14.8. The number of alkyl halides is 2. The Morgan fingerprint density at radius 3 is 2.12 bits per heavy atom. The Balaban J connectivity index is 0.000000385. The van der Waals surface area contributed by atoms with Crippen molar-refractivity contribution in [2.75, 3.05) is 5.88 Å². The molecule has 0 heterocycles. The molecule has 0 bridgehead atoms. The second-order valence-corrected chi connectivity index (χ2v) is 5.03. The van der Waals surface area contributed by atoms with Crippen LogP contribution in [0.1, 0.15) is 17.4 Å². The molecule has 7 heteroatoms. The maximum absolute atomic E-state index is 9.10. The molecule has 0 spiro atoms. The molecule has 1 aromatic rings. The highest BCUT2D eigenvalue weighted by Crippen LogP contribution is 2.23. The molecule has 0 radical (unpaired) electrons. The third-order valence-electron chi connectivity index (χ3n) is 1.52. The van der Waals surface area contributed by atoms with Gasteiger partial charge in [0.1, 0.15) is 0 Å². The van der Waals surface area contributed by atoms with Gasteiger partial charge in [0.15, 0.2) is 0 Å². The van der Waals surface area contributed by atoms with E-state index in [0.29, 0.717) is 5.88 Å². The summed E-state index contributed by atoms with van der Waals surface area (Å²) in [5, 5.41) is 0.0636. The van der Waals surface area contributed by atoms with Gasteiger partial charge < -0.3 is 9.79 Å². The highest BCUT2D eigenvalue weighted by molar-refractivity contribution is 7.49. The van der Waals surface area contributed by atoms with Crippen LogP contribution in [0.25, 0.3) is 0 Å². The molecule has 1 aromatic carbocycles. The number of hydrogen-bond acceptors (Lipinski definition) is 1. The first-order valence-corrected chi connectivity index (χ1v) is 7.09. The van der Waals surface area contributed by atoms with Crippen LogP contribution in [0, 0.1) is 0 Å². The van der Waals surface area contributed by atoms with Crippen molar-refractivity contribution < 1.29 is 14.4 Å². The smallest absolute Gasteiger partial charge is 0.313 e. The zero-order valence-corrected chi connectivity index (χ0v) is 10.9. The van der Waals surface area contributed by atoms with Crippen molar-refractivity contribution in [2.24, 2.45) is 5.50 Å². The lowest BCUT2D eigenvalue weighted by atomic mass is 10.1. The number of hydrogen-bond donors (Lipinski definition) is 3. The van der Waals surface area contributed by atoms with Gasteiger partial charge in [0.25, 0.3) is 0 Å². The lowest BCUT2D eigenvalue weighted by molar-refractivity contribution is 0.374. The van der Waals surface area contributed by atoms with Gasteiger partial charge in [0, 0.05) is 5.88 Å². The van der Waals surface area contributed by atoms with Crippen LogP contribution in [0.2, 0.25) is 0 Å². The third-order valence-corrected chi connectivity index (χ3v) is 2.21. The van der Waals surface area contributed by atoms with E-state index in [-0.39, 0.29) is 5.38 Å². The van der Waals surface area contributed by atoms with E-state index in [0.717, 1.165) is 12.0 Å². The quantitative estimate of drug-likeness (QED) is 0.589. The summed E-state index contributed by atoms with van der Waals surface area (Å²) in [6.45, 7) is 0. The average Bonchev–Trinajstić information content (AvgIpc) is 2.17. The van der Waals surface area contributed by atoms with Crippen LogP contribution in [0.3, 0.4) is 0 Å². The number of nitrogens with two attached hydrogens (primary N) is 1. The fourth-order valence-electron chi connectivity index (χ4n) is 0.924. The molecule has 1 rings (SSSR count). The Morgan fingerprint density at radius 2 is 1.75 bits per heavy atom. The zero-order valence-electron chi connectivity index (χ0n) is 8.46. The second kappa shape index (κ2) is 8.07. The Bertz CT molecular complexity index is 323. The van der Waals surface area contributed by atoms with Gasteiger partial charge in [-0.3, -0.25) is 0 Å². The number of rotatable bonds is 3. The Kier molecular flexibility index (Phi) is 8.02. The molecule has 92 valence electrons. The Hall–Kier alpha value is -0.0900. The van der Waals surface area contributed by atoms with Crippen molar-refractivity contribution in [2.45, 2.75) is 11.8 Å². The molecule has 0 saturated carbocycles. The molecule has 0 fully saturated rings. The van der Waals surface area contributed by atoms with Crippen molar-refractivity contribution in [1.29, 1.82) is 0 Å². The molecule has 1 atom stereocenters. The van der Waals surface area contributed by atoms with Crippen molar-refractivity contribution in [3.63, 3.8) is 0 Å². The largest absolute Gasteiger partial charge is 0.397 e. The molecule has 4 nitrogen and oxygen atoms in total. The van der Waals surface area contributed by atoms with E-state index in [9.17, 15) is 0 Å². The molecule has 0 aliphatic rings. The molecular formula is C9H14Cl2NO3P. The highest BCUT2D eigenvalue weighted by Gasteiger charge is 2.04. The lowest BCUT2D eigenvalue weighted by Crippen LogP contribution is -1.89. The van der Waals surface area contributed by atoms with Crippen LogP contribution in [-0.4, -0.2) is 15.7 Å². The predicted octanol–water partition coefficient (Wildman–Crippen LogP) is 2.63. The van der Waals surface area contributed by atoms with Crippen LogP contribution in [0.5, 0.6) is 0 Å². The number of benzene rings is 1. The van der Waals surface area contributed by atoms with Crippen LogP contribution >= 0.6 is 30.9 Å². The fraction of sp³-hybridized carbons (Fsp3) is 0.333. The standard InChI is InChI=1S/C9H10Cl2.H4NO3P/c10-7-6-9(11)8-4-2-1-3-5-8;1-5(2,3)4/h1-5,9H,6-7H2;(H4,1,2,3,4). The normalized spacial score (nSPS) is 12.6. The topological polar surface area (TPSA) is 83.6 Å². The van der Waals surface area contributed by atoms with Gasteiger partial charge in [-0.1, -0.05) is 30.3 Å². The van der Waals surface area contributed by atoms with Gasteiger partial charge in [-0.05, 0) is 12.0 Å². The Labute approximate surface area is 105 Å². The van der Waals surface area contributed by atoms with Gasteiger partial charge in [0.2, 0.25) is 0 Å². The minimum absolute atomic E-state index is 0.0636. The SMILES string of the molecule is ClCCC(Cl)c1ccccc1.NP(=O)(O)O. The maximum Gasteiger partial charge on any atom is 0.397 e. The van der Waals surface area contributed by atoms with Crippen LogP contribution in [0.15, 0.2) is 30.3 Å². The lowest BCUT2D eigenvalue weighted by Gasteiger charge is -2.05. The van der Waals surface area contributed by atoms with Gasteiger partial charge in [-0.15, -0.1) is 23.2 Å². The Morgan fingerprint density at radius 1 is 1.31 bits per heavy atom. The highest BCUT2D eigenvalue weighted by atomic mass is 35.5. The van der Waals surface area contributed by atoms with Crippen LogP contribution in [0.4, 0.5) is 0 Å². The van der Waals surface area contributed by atoms with Crippen LogP contribution in [-0.2, 0) is 4.57 Å². The molecule has 4 N–H and O–H groups in total. The number of halogens is 2. The first-order chi connectivity index (χ1) is 7.34. The molecular weight excluding hydrogens is 272 g/mol. The van der Waals surface area contributed by atoms with E-state index in [1.54, 1.807) is 0 Å². The molecule has 0 amide bonds. The summed E-state index contributed by atoms with van der Waals surface area (Å²) >= 11 is 11.6. The average molecular weight is 286 g/mol. The summed E-state index contributed by atoms with van der Waals surface area (Å²) in [7, 11) is -4.14. The zero-order chi connectivity index (χ0) is 12.6. The molecule has 1 unspecified atom stereocenters. The summed E-state index contributed by atoms with van der Waals surface area (Å²) < 4.78 is 9.10. The maximum atomic E-state index is 9.10. The van der Waals surface area contributed by atoms with E-state index in [1.807, 2.05) is 30.3 Å². The van der Waals surface area contributed by atoms with E-state index >= 15 is 0 Å². The van der Waals surface area contributed by atoms with Gasteiger partial charge in [0.05, 0.1) is 5.38 Å². The van der Waals surface area contributed by atoms with E-state index in [4.69, 9.17) is 37.6 Å². The predicted molar refractivity (Wildman–Crippen MR) is 66.6 cm³/mol. The van der Waals surface area contributed by atoms with Crippen LogP contribution < -0.4 is 5.50 Å².